The molecule has 0 saturated carbocycles. The highest BCUT2D eigenvalue weighted by Gasteiger charge is 2.28. The molecule has 2 N–H and O–H groups in total. The second-order valence-corrected chi connectivity index (χ2v) is 4.61. The number of hydrogen-bond donors (Lipinski definition) is 1. The van der Waals surface area contributed by atoms with Gasteiger partial charge in [0.1, 0.15) is 5.52 Å². The largest absolute Gasteiger partial charge is 0.440 e. The van der Waals surface area contributed by atoms with Gasteiger partial charge in [0, 0.05) is 6.54 Å². The van der Waals surface area contributed by atoms with Crippen molar-refractivity contribution in [2.24, 2.45) is 5.73 Å². The Kier molecular flexibility index (Phi) is 2.72. The Morgan fingerprint density at radius 2 is 2.19 bits per heavy atom. The third kappa shape index (κ3) is 1.71. The van der Waals surface area contributed by atoms with Crippen molar-refractivity contribution in [3.05, 3.63) is 29.7 Å². The SMILES string of the molecule is CCC(C)(CN)c1nc2cc(C)ccc2o1. The fraction of sp³-hybridized carbons (Fsp3) is 0.462. The monoisotopic (exact) mass is 218 g/mol. The molecule has 0 spiro atoms. The van der Waals surface area contributed by atoms with Gasteiger partial charge in [-0.2, -0.15) is 0 Å². The highest BCUT2D eigenvalue weighted by molar-refractivity contribution is 5.73. The maximum atomic E-state index is 5.80. The van der Waals surface area contributed by atoms with E-state index in [2.05, 4.69) is 25.8 Å². The lowest BCUT2D eigenvalue weighted by molar-refractivity contribution is 0.354. The molecular formula is C13H18N2O. The summed E-state index contributed by atoms with van der Waals surface area (Å²) < 4.78 is 5.78. The number of oxazole rings is 1. The molecule has 0 aliphatic rings. The summed E-state index contributed by atoms with van der Waals surface area (Å²) in [6, 6.07) is 6.03. The van der Waals surface area contributed by atoms with Crippen LogP contribution in [0.1, 0.15) is 31.7 Å². The molecule has 2 rings (SSSR count). The van der Waals surface area contributed by atoms with Gasteiger partial charge in [0.05, 0.1) is 5.41 Å². The van der Waals surface area contributed by atoms with E-state index in [0.717, 1.165) is 23.4 Å². The van der Waals surface area contributed by atoms with Gasteiger partial charge in [-0.1, -0.05) is 13.0 Å². The summed E-state index contributed by atoms with van der Waals surface area (Å²) in [5.74, 6) is 0.748. The molecule has 0 saturated heterocycles. The normalized spacial score (nSPS) is 15.2. The van der Waals surface area contributed by atoms with Gasteiger partial charge in [0.2, 0.25) is 5.89 Å². The topological polar surface area (TPSA) is 52.0 Å². The van der Waals surface area contributed by atoms with Crippen LogP contribution in [0.3, 0.4) is 0 Å². The van der Waals surface area contributed by atoms with Crippen molar-refractivity contribution < 1.29 is 4.42 Å². The van der Waals surface area contributed by atoms with Crippen molar-refractivity contribution in [3.8, 4) is 0 Å². The Morgan fingerprint density at radius 1 is 1.44 bits per heavy atom. The van der Waals surface area contributed by atoms with Gasteiger partial charge < -0.3 is 10.2 Å². The van der Waals surface area contributed by atoms with E-state index >= 15 is 0 Å². The van der Waals surface area contributed by atoms with Crippen LogP contribution in [0.5, 0.6) is 0 Å². The average molecular weight is 218 g/mol. The number of benzene rings is 1. The van der Waals surface area contributed by atoms with Crippen molar-refractivity contribution in [1.82, 2.24) is 4.98 Å². The predicted octanol–water partition coefficient (Wildman–Crippen LogP) is 2.76. The highest BCUT2D eigenvalue weighted by Crippen LogP contribution is 2.28. The minimum absolute atomic E-state index is 0.160. The van der Waals surface area contributed by atoms with Crippen LogP contribution in [-0.4, -0.2) is 11.5 Å². The van der Waals surface area contributed by atoms with Crippen LogP contribution in [0.25, 0.3) is 11.1 Å². The van der Waals surface area contributed by atoms with Crippen LogP contribution >= 0.6 is 0 Å². The summed E-state index contributed by atoms with van der Waals surface area (Å²) >= 11 is 0. The molecule has 1 heterocycles. The fourth-order valence-corrected chi connectivity index (χ4v) is 1.68. The number of rotatable bonds is 3. The first-order valence-corrected chi connectivity index (χ1v) is 5.67. The summed E-state index contributed by atoms with van der Waals surface area (Å²) in [4.78, 5) is 4.54. The van der Waals surface area contributed by atoms with Crippen molar-refractivity contribution in [2.45, 2.75) is 32.6 Å². The molecule has 0 fully saturated rings. The Morgan fingerprint density at radius 3 is 2.81 bits per heavy atom. The molecular weight excluding hydrogens is 200 g/mol. The molecule has 0 bridgehead atoms. The zero-order chi connectivity index (χ0) is 11.8. The van der Waals surface area contributed by atoms with Crippen LogP contribution in [0.15, 0.2) is 22.6 Å². The Labute approximate surface area is 95.7 Å². The summed E-state index contributed by atoms with van der Waals surface area (Å²) in [6.45, 7) is 6.79. The fourth-order valence-electron chi connectivity index (χ4n) is 1.68. The number of nitrogens with zero attached hydrogens (tertiary/aromatic N) is 1. The standard InChI is InChI=1S/C13H18N2O/c1-4-13(3,8-14)12-15-10-7-9(2)5-6-11(10)16-12/h5-7H,4,8,14H2,1-3H3. The van der Waals surface area contributed by atoms with Crippen molar-refractivity contribution in [3.63, 3.8) is 0 Å². The van der Waals surface area contributed by atoms with E-state index in [9.17, 15) is 0 Å². The lowest BCUT2D eigenvalue weighted by Gasteiger charge is -2.21. The first kappa shape index (κ1) is 11.1. The van der Waals surface area contributed by atoms with Gasteiger partial charge >= 0.3 is 0 Å². The smallest absolute Gasteiger partial charge is 0.202 e. The maximum absolute atomic E-state index is 5.80. The molecule has 0 amide bonds. The number of aromatic nitrogens is 1. The number of fused-ring (bicyclic) bond motifs is 1. The van der Waals surface area contributed by atoms with Crippen molar-refractivity contribution >= 4 is 11.1 Å². The predicted molar refractivity (Wildman–Crippen MR) is 65.4 cm³/mol. The van der Waals surface area contributed by atoms with E-state index in [-0.39, 0.29) is 5.41 Å². The maximum Gasteiger partial charge on any atom is 0.202 e. The second-order valence-electron chi connectivity index (χ2n) is 4.61. The summed E-state index contributed by atoms with van der Waals surface area (Å²) in [6.07, 6.45) is 0.926. The number of aryl methyl sites for hydroxylation is 1. The van der Waals surface area contributed by atoms with Gasteiger partial charge in [-0.05, 0) is 38.0 Å². The van der Waals surface area contributed by atoms with Crippen LogP contribution in [0, 0.1) is 6.92 Å². The summed E-state index contributed by atoms with van der Waals surface area (Å²) in [5, 5.41) is 0. The minimum atomic E-state index is -0.160. The molecule has 86 valence electrons. The summed E-state index contributed by atoms with van der Waals surface area (Å²) in [7, 11) is 0. The molecule has 0 radical (unpaired) electrons. The molecule has 3 nitrogen and oxygen atoms in total. The minimum Gasteiger partial charge on any atom is -0.440 e. The molecule has 0 aliphatic heterocycles. The van der Waals surface area contributed by atoms with Crippen LogP contribution in [0.2, 0.25) is 0 Å². The van der Waals surface area contributed by atoms with Crippen LogP contribution in [0.4, 0.5) is 0 Å². The number of nitrogens with two attached hydrogens (primary N) is 1. The van der Waals surface area contributed by atoms with E-state index in [1.54, 1.807) is 0 Å². The van der Waals surface area contributed by atoms with E-state index in [1.807, 2.05) is 18.2 Å². The Hall–Kier alpha value is -1.35. The summed E-state index contributed by atoms with van der Waals surface area (Å²) in [5.41, 5.74) is 8.60. The first-order chi connectivity index (χ1) is 7.59. The first-order valence-electron chi connectivity index (χ1n) is 5.67. The average Bonchev–Trinajstić information content (AvgIpc) is 2.71. The van der Waals surface area contributed by atoms with Crippen molar-refractivity contribution in [1.29, 1.82) is 0 Å². The molecule has 3 heteroatoms. The van der Waals surface area contributed by atoms with E-state index < -0.39 is 0 Å². The van der Waals surface area contributed by atoms with Gasteiger partial charge in [0.25, 0.3) is 0 Å². The zero-order valence-corrected chi connectivity index (χ0v) is 10.1. The van der Waals surface area contributed by atoms with Gasteiger partial charge in [-0.15, -0.1) is 0 Å². The van der Waals surface area contributed by atoms with Crippen molar-refractivity contribution in [2.75, 3.05) is 6.54 Å². The molecule has 0 aliphatic carbocycles. The Bertz CT molecular complexity index is 498. The van der Waals surface area contributed by atoms with Gasteiger partial charge in [0.15, 0.2) is 5.58 Å². The molecule has 1 atom stereocenters. The molecule has 1 unspecified atom stereocenters. The lowest BCUT2D eigenvalue weighted by Crippen LogP contribution is -2.31. The second kappa shape index (κ2) is 3.91. The zero-order valence-electron chi connectivity index (χ0n) is 10.1. The molecule has 16 heavy (non-hydrogen) atoms. The Balaban J connectivity index is 2.54. The van der Waals surface area contributed by atoms with Crippen LogP contribution < -0.4 is 5.73 Å². The molecule has 1 aromatic carbocycles. The molecule has 2 aromatic rings. The number of hydrogen-bond acceptors (Lipinski definition) is 3. The highest BCUT2D eigenvalue weighted by atomic mass is 16.3. The van der Waals surface area contributed by atoms with E-state index in [0.29, 0.717) is 6.54 Å². The molecule has 1 aromatic heterocycles. The van der Waals surface area contributed by atoms with E-state index in [1.165, 1.54) is 5.56 Å². The third-order valence-corrected chi connectivity index (χ3v) is 3.29. The van der Waals surface area contributed by atoms with Crippen LogP contribution in [-0.2, 0) is 5.41 Å². The van der Waals surface area contributed by atoms with E-state index in [4.69, 9.17) is 10.2 Å². The van der Waals surface area contributed by atoms with Gasteiger partial charge in [-0.25, -0.2) is 4.98 Å². The third-order valence-electron chi connectivity index (χ3n) is 3.29. The quantitative estimate of drug-likeness (QED) is 0.861. The van der Waals surface area contributed by atoms with Gasteiger partial charge in [-0.3, -0.25) is 0 Å². The lowest BCUT2D eigenvalue weighted by atomic mass is 9.88.